The van der Waals surface area contributed by atoms with E-state index in [1.807, 2.05) is 24.4 Å². The molecule has 1 aromatic carbocycles. The Bertz CT molecular complexity index is 672. The lowest BCUT2D eigenvalue weighted by atomic mass is 10.1. The van der Waals surface area contributed by atoms with Gasteiger partial charge < -0.3 is 10.2 Å². The van der Waals surface area contributed by atoms with Gasteiger partial charge in [-0.1, -0.05) is 35.9 Å². The molecule has 4 nitrogen and oxygen atoms in total. The van der Waals surface area contributed by atoms with Gasteiger partial charge in [-0.2, -0.15) is 0 Å². The molecule has 1 N–H and O–H groups in total. The highest BCUT2D eigenvalue weighted by molar-refractivity contribution is 5.78. The van der Waals surface area contributed by atoms with Gasteiger partial charge in [-0.25, -0.2) is 0 Å². The highest BCUT2D eigenvalue weighted by Gasteiger charge is 2.30. The number of rotatable bonds is 7. The lowest BCUT2D eigenvalue weighted by Gasteiger charge is -2.25. The second-order valence-corrected chi connectivity index (χ2v) is 6.49. The van der Waals surface area contributed by atoms with Crippen LogP contribution >= 0.6 is 0 Å². The Labute approximate surface area is 143 Å². The normalized spacial score (nSPS) is 17.5. The third-order valence-corrected chi connectivity index (χ3v) is 4.57. The largest absolute Gasteiger partial charge is 0.335 e. The van der Waals surface area contributed by atoms with Crippen molar-refractivity contribution in [2.75, 3.05) is 6.54 Å². The van der Waals surface area contributed by atoms with Gasteiger partial charge in [0, 0.05) is 31.7 Å². The second kappa shape index (κ2) is 8.06. The average molecular weight is 323 g/mol. The summed E-state index contributed by atoms with van der Waals surface area (Å²) in [5.74, 6) is 0.284. The Balaban J connectivity index is 1.50. The van der Waals surface area contributed by atoms with E-state index < -0.39 is 0 Å². The Hall–Kier alpha value is -2.20. The topological polar surface area (TPSA) is 45.2 Å². The van der Waals surface area contributed by atoms with Crippen LogP contribution in [0.2, 0.25) is 0 Å². The number of likely N-dealkylation sites (tertiary alicyclic amines) is 1. The molecule has 0 aliphatic carbocycles. The van der Waals surface area contributed by atoms with Crippen LogP contribution in [-0.2, 0) is 17.9 Å². The average Bonchev–Trinajstić information content (AvgIpc) is 2.93. The number of nitrogens with one attached hydrogen (secondary N) is 1. The summed E-state index contributed by atoms with van der Waals surface area (Å²) in [5, 5.41) is 3.44. The van der Waals surface area contributed by atoms with Crippen LogP contribution in [-0.4, -0.2) is 28.4 Å². The Kier molecular flexibility index (Phi) is 5.59. The number of carbonyl (C=O) groups excluding carboxylic acids is 1. The Morgan fingerprint density at radius 3 is 2.96 bits per heavy atom. The molecule has 1 aliphatic rings. The van der Waals surface area contributed by atoms with E-state index in [-0.39, 0.29) is 5.91 Å². The molecule has 1 saturated heterocycles. The number of amides is 1. The fourth-order valence-electron chi connectivity index (χ4n) is 3.31. The molecule has 0 unspecified atom stereocenters. The second-order valence-electron chi connectivity index (χ2n) is 6.49. The van der Waals surface area contributed by atoms with E-state index in [1.165, 1.54) is 11.1 Å². The number of hydrogen-bond acceptors (Lipinski definition) is 3. The molecule has 1 aliphatic heterocycles. The first-order valence-electron chi connectivity index (χ1n) is 8.68. The maximum Gasteiger partial charge on any atom is 0.223 e. The van der Waals surface area contributed by atoms with E-state index in [1.54, 1.807) is 0 Å². The number of aromatic nitrogens is 1. The molecular weight excluding hydrogens is 298 g/mol. The lowest BCUT2D eigenvalue weighted by Crippen LogP contribution is -2.34. The molecule has 2 heterocycles. The molecule has 1 amide bonds. The molecule has 1 aromatic heterocycles. The van der Waals surface area contributed by atoms with Crippen LogP contribution in [0.3, 0.4) is 0 Å². The zero-order chi connectivity index (χ0) is 16.8. The standard InChI is InChI=1S/C20H25N3O/c1-16-5-4-6-17(13-16)15-23-19(8-9-20(23)24)10-12-21-14-18-7-2-3-11-22-18/h2-7,11,13,19,21H,8-10,12,14-15H2,1H3/t19-/m1/s1. The maximum absolute atomic E-state index is 12.2. The van der Waals surface area contributed by atoms with Gasteiger partial charge in [0.15, 0.2) is 0 Å². The number of benzene rings is 1. The van der Waals surface area contributed by atoms with Gasteiger partial charge in [-0.3, -0.25) is 9.78 Å². The minimum atomic E-state index is 0.284. The summed E-state index contributed by atoms with van der Waals surface area (Å²) in [6.45, 7) is 4.50. The number of nitrogens with zero attached hydrogens (tertiary/aromatic N) is 2. The molecule has 4 heteroatoms. The summed E-state index contributed by atoms with van der Waals surface area (Å²) in [7, 11) is 0. The molecule has 0 spiro atoms. The molecule has 24 heavy (non-hydrogen) atoms. The van der Waals surface area contributed by atoms with Crippen LogP contribution < -0.4 is 5.32 Å². The van der Waals surface area contributed by atoms with E-state index in [0.29, 0.717) is 12.5 Å². The number of hydrogen-bond donors (Lipinski definition) is 1. The molecule has 3 rings (SSSR count). The SMILES string of the molecule is Cc1cccc(CN2C(=O)CC[C@@H]2CCNCc2ccccn2)c1. The van der Waals surface area contributed by atoms with Crippen molar-refractivity contribution in [1.29, 1.82) is 0 Å². The van der Waals surface area contributed by atoms with Gasteiger partial charge in [0.05, 0.1) is 5.69 Å². The summed E-state index contributed by atoms with van der Waals surface area (Å²) in [6.07, 6.45) is 4.45. The van der Waals surface area contributed by atoms with Crippen molar-refractivity contribution in [1.82, 2.24) is 15.2 Å². The Morgan fingerprint density at radius 1 is 1.25 bits per heavy atom. The van der Waals surface area contributed by atoms with Crippen molar-refractivity contribution in [2.24, 2.45) is 0 Å². The summed E-state index contributed by atoms with van der Waals surface area (Å²) in [5.41, 5.74) is 3.51. The van der Waals surface area contributed by atoms with Crippen molar-refractivity contribution >= 4 is 5.91 Å². The molecule has 1 atom stereocenters. The van der Waals surface area contributed by atoms with Crippen molar-refractivity contribution in [3.8, 4) is 0 Å². The van der Waals surface area contributed by atoms with Crippen LogP contribution in [0.4, 0.5) is 0 Å². The molecule has 2 aromatic rings. The quantitative estimate of drug-likeness (QED) is 0.797. The van der Waals surface area contributed by atoms with Gasteiger partial charge in [0.2, 0.25) is 5.91 Å². The van der Waals surface area contributed by atoms with Crippen LogP contribution in [0.1, 0.15) is 36.1 Å². The van der Waals surface area contributed by atoms with Crippen molar-refractivity contribution in [2.45, 2.75) is 45.3 Å². The predicted molar refractivity (Wildman–Crippen MR) is 95.3 cm³/mol. The smallest absolute Gasteiger partial charge is 0.223 e. The predicted octanol–water partition coefficient (Wildman–Crippen LogP) is 3.06. The van der Waals surface area contributed by atoms with Crippen LogP contribution in [0.25, 0.3) is 0 Å². The van der Waals surface area contributed by atoms with Crippen LogP contribution in [0, 0.1) is 6.92 Å². The number of pyridine rings is 1. The number of carbonyl (C=O) groups is 1. The molecule has 0 bridgehead atoms. The molecular formula is C20H25N3O. The van der Waals surface area contributed by atoms with E-state index in [9.17, 15) is 4.79 Å². The Morgan fingerprint density at radius 2 is 2.17 bits per heavy atom. The molecule has 0 radical (unpaired) electrons. The van der Waals surface area contributed by atoms with Crippen LogP contribution in [0.15, 0.2) is 48.7 Å². The van der Waals surface area contributed by atoms with Gasteiger partial charge >= 0.3 is 0 Å². The van der Waals surface area contributed by atoms with Gasteiger partial charge in [0.25, 0.3) is 0 Å². The van der Waals surface area contributed by atoms with E-state index >= 15 is 0 Å². The molecule has 0 saturated carbocycles. The first-order valence-corrected chi connectivity index (χ1v) is 8.68. The minimum absolute atomic E-state index is 0.284. The lowest BCUT2D eigenvalue weighted by molar-refractivity contribution is -0.129. The third kappa shape index (κ3) is 4.42. The van der Waals surface area contributed by atoms with Crippen LogP contribution in [0.5, 0.6) is 0 Å². The van der Waals surface area contributed by atoms with Gasteiger partial charge in [0.1, 0.15) is 0 Å². The van der Waals surface area contributed by atoms with E-state index in [0.717, 1.165) is 38.2 Å². The zero-order valence-corrected chi connectivity index (χ0v) is 14.2. The van der Waals surface area contributed by atoms with Gasteiger partial charge in [-0.15, -0.1) is 0 Å². The third-order valence-electron chi connectivity index (χ3n) is 4.57. The molecule has 1 fully saturated rings. The maximum atomic E-state index is 12.2. The summed E-state index contributed by atoms with van der Waals surface area (Å²) in [4.78, 5) is 18.6. The van der Waals surface area contributed by atoms with Crippen molar-refractivity contribution in [3.05, 3.63) is 65.5 Å². The first-order chi connectivity index (χ1) is 11.7. The fourth-order valence-corrected chi connectivity index (χ4v) is 3.31. The van der Waals surface area contributed by atoms with Gasteiger partial charge in [-0.05, 0) is 44.0 Å². The highest BCUT2D eigenvalue weighted by atomic mass is 16.2. The first kappa shape index (κ1) is 16.7. The summed E-state index contributed by atoms with van der Waals surface area (Å²) >= 11 is 0. The zero-order valence-electron chi connectivity index (χ0n) is 14.2. The monoisotopic (exact) mass is 323 g/mol. The summed E-state index contributed by atoms with van der Waals surface area (Å²) in [6, 6.07) is 14.7. The molecule has 126 valence electrons. The fraction of sp³-hybridized carbons (Fsp3) is 0.400. The number of aryl methyl sites for hydroxylation is 1. The van der Waals surface area contributed by atoms with Crippen molar-refractivity contribution in [3.63, 3.8) is 0 Å². The summed E-state index contributed by atoms with van der Waals surface area (Å²) < 4.78 is 0. The van der Waals surface area contributed by atoms with E-state index in [2.05, 4.69) is 46.4 Å². The van der Waals surface area contributed by atoms with E-state index in [4.69, 9.17) is 0 Å². The van der Waals surface area contributed by atoms with Crippen molar-refractivity contribution < 1.29 is 4.79 Å². The minimum Gasteiger partial charge on any atom is -0.335 e. The highest BCUT2D eigenvalue weighted by Crippen LogP contribution is 2.23.